The Bertz CT molecular complexity index is 472. The summed E-state index contributed by atoms with van der Waals surface area (Å²) < 4.78 is 5.22. The predicted octanol–water partition coefficient (Wildman–Crippen LogP) is 2.71. The second-order valence-electron chi connectivity index (χ2n) is 5.80. The summed E-state index contributed by atoms with van der Waals surface area (Å²) in [4.78, 5) is 25.5. The first-order valence-corrected chi connectivity index (χ1v) is 7.61. The number of likely N-dealkylation sites (tertiary alicyclic amines) is 1. The number of rotatable bonds is 6. The van der Waals surface area contributed by atoms with Gasteiger partial charge in [0, 0.05) is 25.9 Å². The van der Waals surface area contributed by atoms with Crippen molar-refractivity contribution in [3.63, 3.8) is 0 Å². The average molecular weight is 293 g/mol. The molecule has 2 rings (SSSR count). The molecule has 1 amide bonds. The van der Waals surface area contributed by atoms with Crippen molar-refractivity contribution in [3.8, 4) is 0 Å². The summed E-state index contributed by atoms with van der Waals surface area (Å²) in [5.74, 6) is 0.181. The topological polar surface area (TPSA) is 70.8 Å². The second kappa shape index (κ2) is 6.78. The van der Waals surface area contributed by atoms with Crippen LogP contribution in [0.1, 0.15) is 44.8 Å². The Balaban J connectivity index is 1.85. The third-order valence-corrected chi connectivity index (χ3v) is 4.42. The largest absolute Gasteiger partial charge is 0.481 e. The number of carbonyl (C=O) groups excluding carboxylic acids is 1. The fourth-order valence-electron chi connectivity index (χ4n) is 3.08. The third kappa shape index (κ3) is 3.65. The first-order chi connectivity index (χ1) is 10.1. The molecule has 21 heavy (non-hydrogen) atoms. The molecule has 5 nitrogen and oxygen atoms in total. The van der Waals surface area contributed by atoms with Crippen LogP contribution in [0, 0.1) is 5.41 Å². The smallest absolute Gasteiger partial charge is 0.309 e. The van der Waals surface area contributed by atoms with E-state index < -0.39 is 11.4 Å². The molecule has 1 aromatic rings. The maximum atomic E-state index is 12.2. The molecule has 1 N–H and O–H groups in total. The lowest BCUT2D eigenvalue weighted by atomic mass is 9.75. The van der Waals surface area contributed by atoms with E-state index in [-0.39, 0.29) is 5.91 Å². The van der Waals surface area contributed by atoms with Crippen molar-refractivity contribution < 1.29 is 19.1 Å². The van der Waals surface area contributed by atoms with Gasteiger partial charge in [-0.25, -0.2) is 0 Å². The first kappa shape index (κ1) is 15.6. The van der Waals surface area contributed by atoms with Crippen molar-refractivity contribution in [1.82, 2.24) is 4.90 Å². The molecule has 0 aliphatic carbocycles. The van der Waals surface area contributed by atoms with Gasteiger partial charge in [0.05, 0.1) is 11.7 Å². The molecule has 0 atom stereocenters. The van der Waals surface area contributed by atoms with Crippen LogP contribution in [0.15, 0.2) is 22.8 Å². The van der Waals surface area contributed by atoms with E-state index in [4.69, 9.17) is 4.42 Å². The first-order valence-electron chi connectivity index (χ1n) is 7.61. The predicted molar refractivity (Wildman–Crippen MR) is 77.8 cm³/mol. The number of aliphatic carboxylic acids is 1. The monoisotopic (exact) mass is 293 g/mol. The fraction of sp³-hybridized carbons (Fsp3) is 0.625. The van der Waals surface area contributed by atoms with Crippen LogP contribution in [0.2, 0.25) is 0 Å². The van der Waals surface area contributed by atoms with E-state index in [9.17, 15) is 14.7 Å². The zero-order chi connectivity index (χ0) is 15.3. The number of aryl methyl sites for hydroxylation is 1. The van der Waals surface area contributed by atoms with Gasteiger partial charge in [-0.15, -0.1) is 0 Å². The lowest BCUT2D eigenvalue weighted by Crippen LogP contribution is -2.46. The van der Waals surface area contributed by atoms with E-state index in [2.05, 4.69) is 0 Å². The summed E-state index contributed by atoms with van der Waals surface area (Å²) in [5, 5.41) is 9.46. The Hall–Kier alpha value is -1.78. The SMILES string of the molecule is CCCC1(C(=O)O)CCN(C(=O)CCc2ccco2)CC1. The summed E-state index contributed by atoms with van der Waals surface area (Å²) >= 11 is 0. The lowest BCUT2D eigenvalue weighted by molar-refractivity contribution is -0.155. The van der Waals surface area contributed by atoms with Crippen LogP contribution < -0.4 is 0 Å². The number of hydrogen-bond donors (Lipinski definition) is 1. The van der Waals surface area contributed by atoms with Gasteiger partial charge in [0.25, 0.3) is 0 Å². The summed E-state index contributed by atoms with van der Waals surface area (Å²) in [5.41, 5.74) is -0.632. The van der Waals surface area contributed by atoms with Crippen LogP contribution in [0.5, 0.6) is 0 Å². The second-order valence-corrected chi connectivity index (χ2v) is 5.80. The Labute approximate surface area is 124 Å². The Morgan fingerprint density at radius 3 is 2.62 bits per heavy atom. The maximum absolute atomic E-state index is 12.2. The molecule has 2 heterocycles. The zero-order valence-corrected chi connectivity index (χ0v) is 12.5. The van der Waals surface area contributed by atoms with E-state index >= 15 is 0 Å². The van der Waals surface area contributed by atoms with Crippen molar-refractivity contribution >= 4 is 11.9 Å². The minimum Gasteiger partial charge on any atom is -0.481 e. The maximum Gasteiger partial charge on any atom is 0.309 e. The number of carboxylic acid groups (broad SMARTS) is 1. The molecule has 1 aromatic heterocycles. The van der Waals surface area contributed by atoms with Crippen LogP contribution in [0.3, 0.4) is 0 Å². The summed E-state index contributed by atoms with van der Waals surface area (Å²) in [6, 6.07) is 3.67. The highest BCUT2D eigenvalue weighted by molar-refractivity contribution is 5.78. The van der Waals surface area contributed by atoms with Gasteiger partial charge in [-0.1, -0.05) is 13.3 Å². The number of amides is 1. The van der Waals surface area contributed by atoms with Gasteiger partial charge in [-0.05, 0) is 31.4 Å². The lowest BCUT2D eigenvalue weighted by Gasteiger charge is -2.38. The van der Waals surface area contributed by atoms with Crippen molar-refractivity contribution in [3.05, 3.63) is 24.2 Å². The molecule has 5 heteroatoms. The van der Waals surface area contributed by atoms with Gasteiger partial charge >= 0.3 is 5.97 Å². The molecule has 0 bridgehead atoms. The molecular weight excluding hydrogens is 270 g/mol. The van der Waals surface area contributed by atoms with E-state index in [1.807, 2.05) is 19.1 Å². The van der Waals surface area contributed by atoms with E-state index in [1.165, 1.54) is 0 Å². The molecule has 0 aromatic carbocycles. The molecule has 0 unspecified atom stereocenters. The summed E-state index contributed by atoms with van der Waals surface area (Å²) in [6.07, 6.45) is 5.29. The molecule has 0 radical (unpaired) electrons. The third-order valence-electron chi connectivity index (χ3n) is 4.42. The van der Waals surface area contributed by atoms with Gasteiger partial charge in [0.2, 0.25) is 5.91 Å². The van der Waals surface area contributed by atoms with Crippen molar-refractivity contribution in [1.29, 1.82) is 0 Å². The van der Waals surface area contributed by atoms with Crippen LogP contribution in [0.25, 0.3) is 0 Å². The highest BCUT2D eigenvalue weighted by atomic mass is 16.4. The molecule has 1 saturated heterocycles. The summed E-state index contributed by atoms with van der Waals surface area (Å²) in [7, 11) is 0. The van der Waals surface area contributed by atoms with E-state index in [0.29, 0.717) is 45.2 Å². The van der Waals surface area contributed by atoms with Crippen molar-refractivity contribution in [2.24, 2.45) is 5.41 Å². The van der Waals surface area contributed by atoms with Crippen LogP contribution in [0.4, 0.5) is 0 Å². The number of nitrogens with zero attached hydrogens (tertiary/aromatic N) is 1. The van der Waals surface area contributed by atoms with Crippen molar-refractivity contribution in [2.45, 2.75) is 45.4 Å². The molecule has 1 aliphatic heterocycles. The Morgan fingerprint density at radius 2 is 2.10 bits per heavy atom. The molecule has 116 valence electrons. The number of piperidine rings is 1. The highest BCUT2D eigenvalue weighted by Gasteiger charge is 2.41. The Kier molecular flexibility index (Phi) is 5.04. The average Bonchev–Trinajstić information content (AvgIpc) is 2.99. The quantitative estimate of drug-likeness (QED) is 0.875. The van der Waals surface area contributed by atoms with Gasteiger partial charge in [-0.2, -0.15) is 0 Å². The minimum absolute atomic E-state index is 0.0851. The zero-order valence-electron chi connectivity index (χ0n) is 12.5. The van der Waals surface area contributed by atoms with Crippen LogP contribution >= 0.6 is 0 Å². The molecule has 1 aliphatic rings. The highest BCUT2D eigenvalue weighted by Crippen LogP contribution is 2.36. The number of carboxylic acids is 1. The normalized spacial score (nSPS) is 17.7. The van der Waals surface area contributed by atoms with Gasteiger partial charge in [0.15, 0.2) is 0 Å². The fourth-order valence-corrected chi connectivity index (χ4v) is 3.08. The number of furan rings is 1. The van der Waals surface area contributed by atoms with Crippen LogP contribution in [-0.4, -0.2) is 35.0 Å². The minimum atomic E-state index is -0.716. The molecule has 1 fully saturated rings. The molecule has 0 spiro atoms. The molecule has 0 saturated carbocycles. The van der Waals surface area contributed by atoms with Gasteiger partial charge < -0.3 is 14.4 Å². The van der Waals surface area contributed by atoms with Gasteiger partial charge in [-0.3, -0.25) is 9.59 Å². The van der Waals surface area contributed by atoms with E-state index in [1.54, 1.807) is 11.2 Å². The van der Waals surface area contributed by atoms with Gasteiger partial charge in [0.1, 0.15) is 5.76 Å². The standard InChI is InChI=1S/C16H23NO4/c1-2-7-16(15(19)20)8-10-17(11-9-16)14(18)6-5-13-4-3-12-21-13/h3-4,12H,2,5-11H2,1H3,(H,19,20). The Morgan fingerprint density at radius 1 is 1.38 bits per heavy atom. The number of hydrogen-bond acceptors (Lipinski definition) is 3. The van der Waals surface area contributed by atoms with Crippen molar-refractivity contribution in [2.75, 3.05) is 13.1 Å². The van der Waals surface area contributed by atoms with E-state index in [0.717, 1.165) is 12.2 Å². The van der Waals surface area contributed by atoms with Crippen LogP contribution in [-0.2, 0) is 16.0 Å². The molecular formula is C16H23NO4. The number of carbonyl (C=O) groups is 2. The summed E-state index contributed by atoms with van der Waals surface area (Å²) in [6.45, 7) is 3.10.